The Hall–Kier alpha value is -4.46. The zero-order valence-electron chi connectivity index (χ0n) is 23.7. The van der Waals surface area contributed by atoms with Gasteiger partial charge in [-0.25, -0.2) is 13.2 Å². The molecule has 0 saturated carbocycles. The molecule has 0 fully saturated rings. The third kappa shape index (κ3) is 7.49. The molecule has 0 unspecified atom stereocenters. The van der Waals surface area contributed by atoms with Crippen LogP contribution >= 0.6 is 11.6 Å². The third-order valence-corrected chi connectivity index (χ3v) is 8.32. The van der Waals surface area contributed by atoms with Crippen molar-refractivity contribution in [2.75, 3.05) is 45.2 Å². The number of H-pyrrole nitrogens is 1. The number of anilines is 1. The maximum Gasteiger partial charge on any atom is 0.339 e. The first-order valence-corrected chi connectivity index (χ1v) is 14.9. The summed E-state index contributed by atoms with van der Waals surface area (Å²) in [7, 11) is 0.901. The summed E-state index contributed by atoms with van der Waals surface area (Å²) < 4.78 is 38.8. The molecule has 0 aliphatic rings. The molecule has 14 heteroatoms. The lowest BCUT2D eigenvalue weighted by Crippen LogP contribution is -2.35. The van der Waals surface area contributed by atoms with Gasteiger partial charge >= 0.3 is 5.97 Å². The highest BCUT2D eigenvalue weighted by molar-refractivity contribution is 7.92. The van der Waals surface area contributed by atoms with Gasteiger partial charge in [0, 0.05) is 17.0 Å². The highest BCUT2D eigenvalue weighted by Gasteiger charge is 2.28. The first-order valence-electron chi connectivity index (χ1n) is 13.0. The van der Waals surface area contributed by atoms with Crippen molar-refractivity contribution in [3.63, 3.8) is 0 Å². The van der Waals surface area contributed by atoms with Crippen molar-refractivity contribution in [1.29, 1.82) is 0 Å². The molecule has 2 N–H and O–H groups in total. The molecule has 4 aromatic rings. The first kappa shape index (κ1) is 31.5. The van der Waals surface area contributed by atoms with Crippen molar-refractivity contribution in [2.24, 2.45) is 10.2 Å². The van der Waals surface area contributed by atoms with E-state index in [1.807, 2.05) is 19.0 Å². The number of carbonyl (C=O) groups excluding carboxylic acids is 2. The number of rotatable bonds is 12. The lowest BCUT2D eigenvalue weighted by Gasteiger charge is -2.23. The van der Waals surface area contributed by atoms with Crippen LogP contribution in [0.2, 0.25) is 5.02 Å². The molecule has 0 radical (unpaired) electrons. The van der Waals surface area contributed by atoms with E-state index in [2.05, 4.69) is 15.2 Å². The Labute approximate surface area is 253 Å². The van der Waals surface area contributed by atoms with Gasteiger partial charge in [-0.05, 0) is 75.1 Å². The van der Waals surface area contributed by atoms with Gasteiger partial charge in [0.2, 0.25) is 5.88 Å². The Morgan fingerprint density at radius 3 is 2.37 bits per heavy atom. The van der Waals surface area contributed by atoms with E-state index in [1.165, 1.54) is 49.6 Å². The molecule has 12 nitrogen and oxygen atoms in total. The van der Waals surface area contributed by atoms with Crippen molar-refractivity contribution in [2.45, 2.75) is 11.3 Å². The van der Waals surface area contributed by atoms with Gasteiger partial charge in [0.25, 0.3) is 15.9 Å². The minimum absolute atomic E-state index is 0.0718. The number of aromatic hydroxyl groups is 1. The predicted octanol–water partition coefficient (Wildman–Crippen LogP) is 5.15. The number of halogens is 1. The van der Waals surface area contributed by atoms with Crippen LogP contribution in [0.4, 0.5) is 11.4 Å². The molecule has 1 amide bonds. The number of azo groups is 1. The highest BCUT2D eigenvalue weighted by atomic mass is 35.5. The molecule has 0 spiro atoms. The molecule has 43 heavy (non-hydrogen) atoms. The van der Waals surface area contributed by atoms with Gasteiger partial charge in [-0.1, -0.05) is 23.7 Å². The molecular weight excluding hydrogens is 598 g/mol. The van der Waals surface area contributed by atoms with E-state index in [0.29, 0.717) is 22.8 Å². The lowest BCUT2D eigenvalue weighted by atomic mass is 10.1. The number of fused-ring (bicyclic) bond motifs is 1. The molecular formula is C29H30ClN5O7S. The van der Waals surface area contributed by atoms with E-state index >= 15 is 0 Å². The molecule has 4 rings (SSSR count). The number of nitrogens with one attached hydrogen (secondary N) is 1. The summed E-state index contributed by atoms with van der Waals surface area (Å²) in [5.41, 5.74) is 0.461. The van der Waals surface area contributed by atoms with Gasteiger partial charge in [-0.15, -0.1) is 10.2 Å². The third-order valence-electron chi connectivity index (χ3n) is 6.28. The van der Waals surface area contributed by atoms with Crippen LogP contribution in [-0.2, 0) is 19.6 Å². The maximum atomic E-state index is 13.7. The topological polar surface area (TPSA) is 154 Å². The van der Waals surface area contributed by atoms with Crippen LogP contribution in [-0.4, -0.2) is 76.2 Å². The molecule has 0 atom stereocenters. The van der Waals surface area contributed by atoms with E-state index in [-0.39, 0.29) is 27.4 Å². The molecule has 1 heterocycles. The summed E-state index contributed by atoms with van der Waals surface area (Å²) in [4.78, 5) is 29.7. The van der Waals surface area contributed by atoms with E-state index in [1.54, 1.807) is 24.3 Å². The number of methoxy groups -OCH3 is 1. The largest absolute Gasteiger partial charge is 0.494 e. The average Bonchev–Trinajstić information content (AvgIpc) is 3.32. The standard InChI is InChI=1S/C29H30ClN5O7S/c1-34(2)16-5-17-42-21-12-14-22(15-13-21)43(39,40)35(20-10-8-19(30)9-11-20)18-25(36)32-33-27-23-6-4-7-24(29(38)41-3)26(23)31-28(27)37/h4,6-15,31,37H,5,16-18H2,1-3H3. The molecule has 3 aromatic carbocycles. The smallest absolute Gasteiger partial charge is 0.339 e. The summed E-state index contributed by atoms with van der Waals surface area (Å²) in [6, 6.07) is 16.4. The molecule has 0 aliphatic carbocycles. The van der Waals surface area contributed by atoms with Crippen LogP contribution in [0.15, 0.2) is 81.9 Å². The molecule has 0 aliphatic heterocycles. The van der Waals surface area contributed by atoms with Crippen LogP contribution in [0, 0.1) is 0 Å². The fraction of sp³-hybridized carbons (Fsp3) is 0.241. The Morgan fingerprint density at radius 1 is 1.02 bits per heavy atom. The number of hydrogen-bond donors (Lipinski definition) is 2. The number of sulfonamides is 1. The van der Waals surface area contributed by atoms with Crippen LogP contribution in [0.3, 0.4) is 0 Å². The normalized spacial score (nSPS) is 11.7. The Morgan fingerprint density at radius 2 is 1.72 bits per heavy atom. The van der Waals surface area contributed by atoms with Gasteiger partial charge < -0.3 is 24.5 Å². The van der Waals surface area contributed by atoms with Crippen LogP contribution in [0.5, 0.6) is 11.6 Å². The zero-order chi connectivity index (χ0) is 31.1. The summed E-state index contributed by atoms with van der Waals surface area (Å²) in [5, 5.41) is 18.6. The second kappa shape index (κ2) is 13.7. The number of para-hydroxylation sites is 1. The number of nitrogens with zero attached hydrogens (tertiary/aromatic N) is 4. The van der Waals surface area contributed by atoms with Crippen molar-refractivity contribution in [3.05, 3.63) is 77.3 Å². The monoisotopic (exact) mass is 627 g/mol. The molecule has 1 aromatic heterocycles. The average molecular weight is 628 g/mol. The minimum atomic E-state index is -4.25. The number of carbonyl (C=O) groups is 2. The predicted molar refractivity (Wildman–Crippen MR) is 162 cm³/mol. The van der Waals surface area contributed by atoms with E-state index in [0.717, 1.165) is 17.3 Å². The molecule has 226 valence electrons. The Balaban J connectivity index is 1.59. The number of amides is 1. The van der Waals surface area contributed by atoms with Crippen LogP contribution in [0.25, 0.3) is 10.9 Å². The van der Waals surface area contributed by atoms with Crippen molar-refractivity contribution < 1.29 is 32.6 Å². The summed E-state index contributed by atoms with van der Waals surface area (Å²) in [6.07, 6.45) is 0.802. The molecule has 0 saturated heterocycles. The van der Waals surface area contributed by atoms with Crippen LogP contribution in [0.1, 0.15) is 16.8 Å². The van der Waals surface area contributed by atoms with Gasteiger partial charge in [0.15, 0.2) is 5.69 Å². The Bertz CT molecular complexity index is 1740. The van der Waals surface area contributed by atoms with Crippen molar-refractivity contribution >= 4 is 55.8 Å². The molecule has 0 bridgehead atoms. The number of aromatic amines is 1. The number of aromatic nitrogens is 1. The second-order valence-corrected chi connectivity index (χ2v) is 11.9. The van der Waals surface area contributed by atoms with E-state index in [9.17, 15) is 23.1 Å². The van der Waals surface area contributed by atoms with Crippen molar-refractivity contribution in [3.8, 4) is 11.6 Å². The van der Waals surface area contributed by atoms with Gasteiger partial charge in [0.1, 0.15) is 12.3 Å². The highest BCUT2D eigenvalue weighted by Crippen LogP contribution is 2.37. The Kier molecular flexibility index (Phi) is 10.0. The summed E-state index contributed by atoms with van der Waals surface area (Å²) in [6.45, 7) is 0.617. The maximum absolute atomic E-state index is 13.7. The summed E-state index contributed by atoms with van der Waals surface area (Å²) >= 11 is 6.01. The fourth-order valence-corrected chi connectivity index (χ4v) is 5.70. The van der Waals surface area contributed by atoms with Gasteiger partial charge in [0.05, 0.1) is 35.4 Å². The lowest BCUT2D eigenvalue weighted by molar-refractivity contribution is -0.116. The second-order valence-electron chi connectivity index (χ2n) is 9.60. The fourth-order valence-electron chi connectivity index (χ4n) is 4.16. The minimum Gasteiger partial charge on any atom is -0.494 e. The number of hydrogen-bond acceptors (Lipinski definition) is 9. The first-order chi connectivity index (χ1) is 20.5. The summed E-state index contributed by atoms with van der Waals surface area (Å²) in [5.74, 6) is -1.49. The van der Waals surface area contributed by atoms with Gasteiger partial charge in [-0.2, -0.15) is 0 Å². The van der Waals surface area contributed by atoms with Crippen LogP contribution < -0.4 is 9.04 Å². The number of esters is 1. The van der Waals surface area contributed by atoms with E-state index < -0.39 is 34.3 Å². The number of benzene rings is 3. The van der Waals surface area contributed by atoms with Gasteiger partial charge in [-0.3, -0.25) is 9.10 Å². The van der Waals surface area contributed by atoms with E-state index in [4.69, 9.17) is 21.1 Å². The quantitative estimate of drug-likeness (QED) is 0.124. The van der Waals surface area contributed by atoms with Crippen molar-refractivity contribution in [1.82, 2.24) is 9.88 Å². The number of ether oxygens (including phenoxy) is 2. The zero-order valence-corrected chi connectivity index (χ0v) is 25.2. The SMILES string of the molecule is COC(=O)c1cccc2c(N=NC(=O)CN(c3ccc(Cl)cc3)S(=O)(=O)c3ccc(OCCCN(C)C)cc3)c(O)[nH]c12.